The highest BCUT2D eigenvalue weighted by Crippen LogP contribution is 2.13. The van der Waals surface area contributed by atoms with Crippen molar-refractivity contribution < 1.29 is 0 Å². The van der Waals surface area contributed by atoms with Crippen LogP contribution in [0.25, 0.3) is 11.0 Å². The average Bonchev–Trinajstić information content (AvgIpc) is 2.75. The molecular formula is C14H22N4. The van der Waals surface area contributed by atoms with Crippen LogP contribution in [0.2, 0.25) is 0 Å². The fraction of sp³-hybridized carbons (Fsp3) is 0.500. The van der Waals surface area contributed by atoms with Crippen LogP contribution in [0.1, 0.15) is 12.5 Å². The summed E-state index contributed by atoms with van der Waals surface area (Å²) in [5.41, 5.74) is 3.62. The number of hydrogen-bond acceptors (Lipinski definition) is 3. The van der Waals surface area contributed by atoms with Gasteiger partial charge in [-0.15, -0.1) is 0 Å². The highest BCUT2D eigenvalue weighted by Gasteiger charge is 2.00. The third-order valence-electron chi connectivity index (χ3n) is 3.11. The van der Waals surface area contributed by atoms with Crippen LogP contribution in [0.4, 0.5) is 0 Å². The molecule has 0 aliphatic heterocycles. The van der Waals surface area contributed by atoms with Gasteiger partial charge in [0.1, 0.15) is 0 Å². The van der Waals surface area contributed by atoms with E-state index in [2.05, 4.69) is 40.7 Å². The number of fused-ring (bicyclic) bond motifs is 1. The molecule has 0 saturated carbocycles. The van der Waals surface area contributed by atoms with Crippen LogP contribution in [0, 0.1) is 0 Å². The first-order valence-corrected chi connectivity index (χ1v) is 6.62. The van der Waals surface area contributed by atoms with Crippen molar-refractivity contribution in [3.63, 3.8) is 0 Å². The smallest absolute Gasteiger partial charge is 0.0955 e. The molecule has 0 bridgehead atoms. The van der Waals surface area contributed by atoms with Crippen molar-refractivity contribution in [2.24, 2.45) is 7.05 Å². The number of benzene rings is 1. The number of imidazole rings is 1. The molecule has 0 fully saturated rings. The van der Waals surface area contributed by atoms with Crippen LogP contribution >= 0.6 is 0 Å². The molecule has 1 aromatic carbocycles. The molecule has 18 heavy (non-hydrogen) atoms. The predicted octanol–water partition coefficient (Wildman–Crippen LogP) is 1.31. The fourth-order valence-electron chi connectivity index (χ4n) is 2.05. The lowest BCUT2D eigenvalue weighted by atomic mass is 10.1. The van der Waals surface area contributed by atoms with Crippen LogP contribution < -0.4 is 10.6 Å². The Bertz CT molecular complexity index is 489. The minimum Gasteiger partial charge on any atom is -0.334 e. The van der Waals surface area contributed by atoms with E-state index >= 15 is 0 Å². The molecule has 2 rings (SSSR count). The lowest BCUT2D eigenvalue weighted by Crippen LogP contribution is -2.28. The molecular weight excluding hydrogens is 224 g/mol. The van der Waals surface area contributed by atoms with Gasteiger partial charge in [0, 0.05) is 20.1 Å². The molecule has 0 atom stereocenters. The van der Waals surface area contributed by atoms with Gasteiger partial charge < -0.3 is 15.2 Å². The Balaban J connectivity index is 1.81. The van der Waals surface area contributed by atoms with E-state index in [0.717, 1.165) is 38.1 Å². The standard InChI is InChI=1S/C14H22N4/c1-3-15-8-9-16-7-6-12-4-5-14-13(10-12)17-11-18(14)2/h4-5,10-11,15-16H,3,6-9H2,1-2H3. The summed E-state index contributed by atoms with van der Waals surface area (Å²) >= 11 is 0. The van der Waals surface area contributed by atoms with Crippen molar-refractivity contribution in [3.8, 4) is 0 Å². The Kier molecular flexibility index (Phi) is 4.73. The molecule has 98 valence electrons. The molecule has 0 amide bonds. The molecule has 0 aliphatic carbocycles. The zero-order valence-electron chi connectivity index (χ0n) is 11.2. The maximum Gasteiger partial charge on any atom is 0.0955 e. The average molecular weight is 246 g/mol. The maximum absolute atomic E-state index is 4.38. The van der Waals surface area contributed by atoms with Crippen molar-refractivity contribution in [1.29, 1.82) is 0 Å². The zero-order chi connectivity index (χ0) is 12.8. The lowest BCUT2D eigenvalue weighted by molar-refractivity contribution is 0.624. The summed E-state index contributed by atoms with van der Waals surface area (Å²) in [5, 5.41) is 6.73. The Hall–Kier alpha value is -1.39. The van der Waals surface area contributed by atoms with Crippen LogP contribution in [0.5, 0.6) is 0 Å². The van der Waals surface area contributed by atoms with Crippen LogP contribution in [-0.4, -0.2) is 35.7 Å². The molecule has 2 aromatic rings. The largest absolute Gasteiger partial charge is 0.334 e. The first kappa shape index (κ1) is 13.1. The Morgan fingerprint density at radius 1 is 1.17 bits per heavy atom. The molecule has 1 heterocycles. The van der Waals surface area contributed by atoms with E-state index < -0.39 is 0 Å². The van der Waals surface area contributed by atoms with Crippen molar-refractivity contribution in [2.75, 3.05) is 26.2 Å². The van der Waals surface area contributed by atoms with Crippen LogP contribution in [-0.2, 0) is 13.5 Å². The van der Waals surface area contributed by atoms with Crippen LogP contribution in [0.3, 0.4) is 0 Å². The fourth-order valence-corrected chi connectivity index (χ4v) is 2.05. The van der Waals surface area contributed by atoms with E-state index in [1.165, 1.54) is 11.1 Å². The second-order valence-electron chi connectivity index (χ2n) is 4.53. The normalized spacial score (nSPS) is 11.2. The van der Waals surface area contributed by atoms with Crippen LogP contribution in [0.15, 0.2) is 24.5 Å². The van der Waals surface area contributed by atoms with Crippen molar-refractivity contribution in [2.45, 2.75) is 13.3 Å². The minimum atomic E-state index is 1.02. The predicted molar refractivity (Wildman–Crippen MR) is 75.8 cm³/mol. The molecule has 0 spiro atoms. The van der Waals surface area contributed by atoms with E-state index in [0.29, 0.717) is 0 Å². The van der Waals surface area contributed by atoms with E-state index in [1.807, 2.05) is 17.9 Å². The van der Waals surface area contributed by atoms with Gasteiger partial charge in [-0.3, -0.25) is 0 Å². The molecule has 2 N–H and O–H groups in total. The molecule has 0 saturated heterocycles. The summed E-state index contributed by atoms with van der Waals surface area (Å²) in [4.78, 5) is 4.38. The number of nitrogens with one attached hydrogen (secondary N) is 2. The zero-order valence-corrected chi connectivity index (χ0v) is 11.2. The number of aryl methyl sites for hydroxylation is 1. The first-order valence-electron chi connectivity index (χ1n) is 6.62. The van der Waals surface area contributed by atoms with Gasteiger partial charge in [-0.2, -0.15) is 0 Å². The number of aromatic nitrogens is 2. The SMILES string of the molecule is CCNCCNCCc1ccc2c(c1)ncn2C. The first-order chi connectivity index (χ1) is 8.81. The number of hydrogen-bond donors (Lipinski definition) is 2. The molecule has 0 aliphatic rings. The molecule has 4 nitrogen and oxygen atoms in total. The summed E-state index contributed by atoms with van der Waals surface area (Å²) in [6.45, 7) is 6.25. The van der Waals surface area contributed by atoms with Gasteiger partial charge in [0.05, 0.1) is 17.4 Å². The van der Waals surface area contributed by atoms with Gasteiger partial charge in [-0.05, 0) is 37.2 Å². The summed E-state index contributed by atoms with van der Waals surface area (Å²) in [5.74, 6) is 0. The number of likely N-dealkylation sites (N-methyl/N-ethyl adjacent to an activating group) is 1. The third-order valence-corrected chi connectivity index (χ3v) is 3.11. The van der Waals surface area contributed by atoms with Crippen molar-refractivity contribution in [3.05, 3.63) is 30.1 Å². The molecule has 4 heteroatoms. The van der Waals surface area contributed by atoms with Gasteiger partial charge >= 0.3 is 0 Å². The molecule has 0 radical (unpaired) electrons. The van der Waals surface area contributed by atoms with Crippen molar-refractivity contribution >= 4 is 11.0 Å². The van der Waals surface area contributed by atoms with Gasteiger partial charge in [-0.25, -0.2) is 4.98 Å². The Morgan fingerprint density at radius 3 is 2.83 bits per heavy atom. The summed E-state index contributed by atoms with van der Waals surface area (Å²) in [6.07, 6.45) is 2.92. The van der Waals surface area contributed by atoms with E-state index in [4.69, 9.17) is 0 Å². The monoisotopic (exact) mass is 246 g/mol. The maximum atomic E-state index is 4.38. The third kappa shape index (κ3) is 3.31. The topological polar surface area (TPSA) is 41.9 Å². The Labute approximate surface area is 108 Å². The summed E-state index contributed by atoms with van der Waals surface area (Å²) in [7, 11) is 2.03. The summed E-state index contributed by atoms with van der Waals surface area (Å²) in [6, 6.07) is 6.52. The highest BCUT2D eigenvalue weighted by molar-refractivity contribution is 5.75. The Morgan fingerprint density at radius 2 is 2.00 bits per heavy atom. The van der Waals surface area contributed by atoms with Gasteiger partial charge in [0.15, 0.2) is 0 Å². The lowest BCUT2D eigenvalue weighted by Gasteiger charge is -2.05. The van der Waals surface area contributed by atoms with Crippen molar-refractivity contribution in [1.82, 2.24) is 20.2 Å². The molecule has 1 aromatic heterocycles. The minimum absolute atomic E-state index is 1.02. The second-order valence-corrected chi connectivity index (χ2v) is 4.53. The van der Waals surface area contributed by atoms with Gasteiger partial charge in [0.25, 0.3) is 0 Å². The highest BCUT2D eigenvalue weighted by atomic mass is 15.0. The van der Waals surface area contributed by atoms with Gasteiger partial charge in [-0.1, -0.05) is 13.0 Å². The quantitative estimate of drug-likeness (QED) is 0.724. The van der Waals surface area contributed by atoms with Gasteiger partial charge in [0.2, 0.25) is 0 Å². The number of nitrogens with zero attached hydrogens (tertiary/aromatic N) is 2. The summed E-state index contributed by atoms with van der Waals surface area (Å²) < 4.78 is 2.05. The number of rotatable bonds is 7. The molecule has 0 unspecified atom stereocenters. The van der Waals surface area contributed by atoms with E-state index in [-0.39, 0.29) is 0 Å². The second kappa shape index (κ2) is 6.52. The van der Waals surface area contributed by atoms with E-state index in [9.17, 15) is 0 Å². The van der Waals surface area contributed by atoms with E-state index in [1.54, 1.807) is 0 Å².